The Hall–Kier alpha value is -1.87. The maximum absolute atomic E-state index is 11.2. The number of carbonyl (C=O) groups excluding carboxylic acids is 1. The van der Waals surface area contributed by atoms with Gasteiger partial charge in [0.2, 0.25) is 5.91 Å². The molecule has 0 aromatic heterocycles. The van der Waals surface area contributed by atoms with Gasteiger partial charge in [-0.05, 0) is 12.1 Å². The monoisotopic (exact) mass is 217 g/mol. The molecule has 0 aliphatic heterocycles. The average molecular weight is 217 g/mol. The van der Waals surface area contributed by atoms with E-state index in [1.807, 2.05) is 24.3 Å². The lowest BCUT2D eigenvalue weighted by Crippen LogP contribution is -2.09. The molecule has 0 atom stereocenters. The van der Waals surface area contributed by atoms with Gasteiger partial charge in [-0.25, -0.2) is 0 Å². The van der Waals surface area contributed by atoms with Gasteiger partial charge in [0.25, 0.3) is 0 Å². The maximum atomic E-state index is 11.2. The topological polar surface area (TPSA) is 38.3 Å². The lowest BCUT2D eigenvalue weighted by molar-refractivity contribution is -0.111. The van der Waals surface area contributed by atoms with Crippen molar-refractivity contribution in [2.45, 2.75) is 6.61 Å². The Morgan fingerprint density at radius 1 is 1.38 bits per heavy atom. The van der Waals surface area contributed by atoms with Crippen LogP contribution in [-0.4, -0.2) is 12.5 Å². The molecule has 0 radical (unpaired) electrons. The van der Waals surface area contributed by atoms with Crippen LogP contribution in [-0.2, 0) is 16.1 Å². The van der Waals surface area contributed by atoms with Gasteiger partial charge in [0, 0.05) is 11.3 Å². The van der Waals surface area contributed by atoms with Gasteiger partial charge >= 0.3 is 0 Å². The molecule has 0 aliphatic carbocycles. The summed E-state index contributed by atoms with van der Waals surface area (Å²) in [5.41, 5.74) is 1.68. The Morgan fingerprint density at radius 2 is 2.12 bits per heavy atom. The van der Waals surface area contributed by atoms with E-state index in [2.05, 4.69) is 18.5 Å². The Bertz CT molecular complexity index is 385. The molecule has 0 bridgehead atoms. The van der Waals surface area contributed by atoms with Crippen LogP contribution in [0, 0.1) is 0 Å². The fraction of sp³-hybridized carbons (Fsp3) is 0.154. The smallest absolute Gasteiger partial charge is 0.247 e. The van der Waals surface area contributed by atoms with E-state index >= 15 is 0 Å². The number of anilines is 1. The molecule has 16 heavy (non-hydrogen) atoms. The number of hydrogen-bond donors (Lipinski definition) is 1. The average Bonchev–Trinajstić information content (AvgIpc) is 2.31. The van der Waals surface area contributed by atoms with Crippen LogP contribution >= 0.6 is 0 Å². The number of ether oxygens (including phenoxy) is 1. The fourth-order valence-corrected chi connectivity index (χ4v) is 1.20. The minimum absolute atomic E-state index is 0.226. The van der Waals surface area contributed by atoms with Gasteiger partial charge in [-0.15, -0.1) is 6.58 Å². The van der Waals surface area contributed by atoms with Crippen molar-refractivity contribution in [3.63, 3.8) is 0 Å². The number of rotatable bonds is 6. The minimum atomic E-state index is -0.226. The summed E-state index contributed by atoms with van der Waals surface area (Å²) >= 11 is 0. The highest BCUT2D eigenvalue weighted by molar-refractivity contribution is 5.99. The zero-order valence-corrected chi connectivity index (χ0v) is 9.11. The lowest BCUT2D eigenvalue weighted by atomic mass is 10.2. The first-order valence-corrected chi connectivity index (χ1v) is 4.98. The molecule has 0 saturated carbocycles. The van der Waals surface area contributed by atoms with Crippen LogP contribution in [0.1, 0.15) is 5.56 Å². The molecule has 0 saturated heterocycles. The van der Waals surface area contributed by atoms with E-state index in [0.29, 0.717) is 13.2 Å². The van der Waals surface area contributed by atoms with Crippen LogP contribution < -0.4 is 5.32 Å². The Morgan fingerprint density at radius 3 is 2.81 bits per heavy atom. The molecular formula is C13H15NO2. The van der Waals surface area contributed by atoms with Crippen LogP contribution in [0.4, 0.5) is 5.69 Å². The first-order valence-electron chi connectivity index (χ1n) is 4.98. The fourth-order valence-electron chi connectivity index (χ4n) is 1.20. The second kappa shape index (κ2) is 6.58. The molecular weight excluding hydrogens is 202 g/mol. The van der Waals surface area contributed by atoms with E-state index in [1.165, 1.54) is 6.08 Å². The van der Waals surface area contributed by atoms with E-state index < -0.39 is 0 Å². The van der Waals surface area contributed by atoms with E-state index in [0.717, 1.165) is 11.3 Å². The molecule has 1 amide bonds. The van der Waals surface area contributed by atoms with E-state index in [-0.39, 0.29) is 5.91 Å². The zero-order chi connectivity index (χ0) is 11.8. The molecule has 0 heterocycles. The van der Waals surface area contributed by atoms with Crippen molar-refractivity contribution >= 4 is 11.6 Å². The summed E-state index contributed by atoms with van der Waals surface area (Å²) in [7, 11) is 0. The van der Waals surface area contributed by atoms with Gasteiger partial charge in [0.15, 0.2) is 0 Å². The van der Waals surface area contributed by atoms with Crippen molar-refractivity contribution in [3.8, 4) is 0 Å². The highest BCUT2D eigenvalue weighted by Gasteiger charge is 2.03. The van der Waals surface area contributed by atoms with Crippen LogP contribution in [0.5, 0.6) is 0 Å². The van der Waals surface area contributed by atoms with E-state index in [4.69, 9.17) is 4.74 Å². The molecule has 1 aromatic carbocycles. The van der Waals surface area contributed by atoms with Gasteiger partial charge in [-0.1, -0.05) is 30.9 Å². The molecule has 0 aliphatic rings. The number of carbonyl (C=O) groups is 1. The molecule has 84 valence electrons. The third-order valence-corrected chi connectivity index (χ3v) is 1.95. The van der Waals surface area contributed by atoms with Crippen molar-refractivity contribution in [2.75, 3.05) is 11.9 Å². The molecule has 3 heteroatoms. The van der Waals surface area contributed by atoms with Gasteiger partial charge in [-0.3, -0.25) is 4.79 Å². The zero-order valence-electron chi connectivity index (χ0n) is 9.11. The van der Waals surface area contributed by atoms with Gasteiger partial charge in [0.05, 0.1) is 13.2 Å². The highest BCUT2D eigenvalue weighted by atomic mass is 16.5. The molecule has 0 unspecified atom stereocenters. The van der Waals surface area contributed by atoms with Crippen molar-refractivity contribution in [3.05, 3.63) is 55.1 Å². The number of para-hydroxylation sites is 1. The molecule has 1 N–H and O–H groups in total. The third-order valence-electron chi connectivity index (χ3n) is 1.95. The predicted octanol–water partition coefficient (Wildman–Crippen LogP) is 2.51. The summed E-state index contributed by atoms with van der Waals surface area (Å²) in [6.45, 7) is 7.91. The van der Waals surface area contributed by atoms with Crippen molar-refractivity contribution < 1.29 is 9.53 Å². The first kappa shape index (κ1) is 12.2. The summed E-state index contributed by atoms with van der Waals surface area (Å²) in [5, 5.41) is 2.72. The normalized spacial score (nSPS) is 9.50. The van der Waals surface area contributed by atoms with Gasteiger partial charge in [-0.2, -0.15) is 0 Å². The molecule has 0 fully saturated rings. The van der Waals surface area contributed by atoms with Crippen LogP contribution in [0.3, 0.4) is 0 Å². The molecule has 1 aromatic rings. The first-order chi connectivity index (χ1) is 7.77. The Kier molecular flexibility index (Phi) is 5.02. The highest BCUT2D eigenvalue weighted by Crippen LogP contribution is 2.15. The Labute approximate surface area is 95.4 Å². The SMILES string of the molecule is C=CCOCc1ccccc1NC(=O)C=C. The summed E-state index contributed by atoms with van der Waals surface area (Å²) in [6.07, 6.45) is 2.92. The van der Waals surface area contributed by atoms with Gasteiger partial charge in [0.1, 0.15) is 0 Å². The van der Waals surface area contributed by atoms with E-state index in [1.54, 1.807) is 6.08 Å². The summed E-state index contributed by atoms with van der Waals surface area (Å²) in [6, 6.07) is 7.49. The summed E-state index contributed by atoms with van der Waals surface area (Å²) < 4.78 is 5.33. The molecule has 0 spiro atoms. The van der Waals surface area contributed by atoms with Crippen LogP contribution in [0.25, 0.3) is 0 Å². The Balaban J connectivity index is 2.70. The molecule has 3 nitrogen and oxygen atoms in total. The van der Waals surface area contributed by atoms with Crippen molar-refractivity contribution in [2.24, 2.45) is 0 Å². The minimum Gasteiger partial charge on any atom is -0.373 e. The summed E-state index contributed by atoms with van der Waals surface area (Å²) in [5.74, 6) is -0.226. The number of benzene rings is 1. The second-order valence-electron chi connectivity index (χ2n) is 3.15. The predicted molar refractivity (Wildman–Crippen MR) is 65.1 cm³/mol. The lowest BCUT2D eigenvalue weighted by Gasteiger charge is -2.09. The quantitative estimate of drug-likeness (QED) is 0.451. The van der Waals surface area contributed by atoms with E-state index in [9.17, 15) is 4.79 Å². The maximum Gasteiger partial charge on any atom is 0.247 e. The summed E-state index contributed by atoms with van der Waals surface area (Å²) in [4.78, 5) is 11.2. The van der Waals surface area contributed by atoms with Crippen molar-refractivity contribution in [1.29, 1.82) is 0 Å². The number of amides is 1. The third kappa shape index (κ3) is 3.71. The number of hydrogen-bond acceptors (Lipinski definition) is 2. The van der Waals surface area contributed by atoms with Crippen LogP contribution in [0.15, 0.2) is 49.6 Å². The van der Waals surface area contributed by atoms with Gasteiger partial charge < -0.3 is 10.1 Å². The van der Waals surface area contributed by atoms with Crippen LogP contribution in [0.2, 0.25) is 0 Å². The van der Waals surface area contributed by atoms with Crippen molar-refractivity contribution in [1.82, 2.24) is 0 Å². The standard InChI is InChI=1S/C13H15NO2/c1-3-9-16-10-11-7-5-6-8-12(11)14-13(15)4-2/h3-8H,1-2,9-10H2,(H,14,15). The largest absolute Gasteiger partial charge is 0.373 e. The second-order valence-corrected chi connectivity index (χ2v) is 3.15. The number of nitrogens with one attached hydrogen (secondary N) is 1. The molecule has 1 rings (SSSR count).